The smallest absolute Gasteiger partial charge is 0.187 e. The van der Waals surface area contributed by atoms with E-state index < -0.39 is 16.6 Å². The molecule has 3 rings (SSSR count). The zero-order valence-electron chi connectivity index (χ0n) is 40.2. The van der Waals surface area contributed by atoms with Crippen molar-refractivity contribution in [1.29, 1.82) is 0 Å². The van der Waals surface area contributed by atoms with E-state index >= 15 is 0 Å². The van der Waals surface area contributed by atoms with Gasteiger partial charge in [-0.1, -0.05) is 262 Å². The highest BCUT2D eigenvalue weighted by atomic mass is 79.9. The maximum atomic E-state index is 7.46. The molecule has 6 heteroatoms. The van der Waals surface area contributed by atoms with Crippen LogP contribution in [-0.4, -0.2) is 21.5 Å². The van der Waals surface area contributed by atoms with E-state index in [9.17, 15) is 0 Å². The summed E-state index contributed by atoms with van der Waals surface area (Å²) in [4.78, 5) is 0.693. The predicted molar refractivity (Wildman–Crippen MR) is 279 cm³/mol. The third-order valence-corrected chi connectivity index (χ3v) is 19.7. The van der Waals surface area contributed by atoms with E-state index in [-0.39, 0.29) is 12.2 Å². The van der Waals surface area contributed by atoms with Crippen LogP contribution in [0.4, 0.5) is 0 Å². The van der Waals surface area contributed by atoms with Gasteiger partial charge in [-0.15, -0.1) is 0 Å². The molecular weight excluding hydrogens is 897 g/mol. The van der Waals surface area contributed by atoms with E-state index in [1.54, 1.807) is 0 Å². The highest BCUT2D eigenvalue weighted by molar-refractivity contribution is 9.10. The monoisotopic (exact) mass is 989 g/mol. The fourth-order valence-corrected chi connectivity index (χ4v) is 14.9. The summed E-state index contributed by atoms with van der Waals surface area (Å²) in [7, 11) is -3.96. The fraction of sp³-hybridized carbons (Fsp3) is 0.778. The summed E-state index contributed by atoms with van der Waals surface area (Å²) in [5, 5.41) is 0. The molecule has 1 unspecified atom stereocenters. The molecule has 0 saturated carbocycles. The van der Waals surface area contributed by atoms with Gasteiger partial charge < -0.3 is 8.85 Å². The Hall–Kier alpha value is -0.246. The van der Waals surface area contributed by atoms with Crippen molar-refractivity contribution in [3.8, 4) is 11.1 Å². The van der Waals surface area contributed by atoms with Gasteiger partial charge >= 0.3 is 0 Å². The second-order valence-electron chi connectivity index (χ2n) is 20.1. The zero-order valence-corrected chi connectivity index (χ0v) is 45.4. The molecule has 0 bridgehead atoms. The number of unbranched alkanes of at least 4 members (excludes halogenated alkanes) is 26. The van der Waals surface area contributed by atoms with Gasteiger partial charge in [0, 0.05) is 9.30 Å². The van der Waals surface area contributed by atoms with Gasteiger partial charge in [0.1, 0.15) is 12.2 Å². The molecule has 0 fully saturated rings. The van der Waals surface area contributed by atoms with Gasteiger partial charge in [-0.05, 0) is 85.5 Å². The van der Waals surface area contributed by atoms with Gasteiger partial charge in [0.25, 0.3) is 0 Å². The molecule has 0 radical (unpaired) electrons. The number of hydrogen-bond acceptors (Lipinski definition) is 2. The van der Waals surface area contributed by atoms with Crippen LogP contribution in [0, 0.1) is 0 Å². The van der Waals surface area contributed by atoms with E-state index in [2.05, 4.69) is 114 Å². The highest BCUT2D eigenvalue weighted by Crippen LogP contribution is 2.51. The van der Waals surface area contributed by atoms with Gasteiger partial charge in [0.15, 0.2) is 16.6 Å². The minimum Gasteiger partial charge on any atom is -0.407 e. The Kier molecular flexibility index (Phi) is 29.2. The van der Waals surface area contributed by atoms with Crippen LogP contribution in [0.1, 0.15) is 236 Å². The predicted octanol–water partition coefficient (Wildman–Crippen LogP) is 20.6. The molecule has 0 heterocycles. The van der Waals surface area contributed by atoms with Gasteiger partial charge in [-0.25, -0.2) is 0 Å². The molecule has 2 nitrogen and oxygen atoms in total. The maximum Gasteiger partial charge on any atom is 0.187 e. The van der Waals surface area contributed by atoms with E-state index in [4.69, 9.17) is 8.85 Å². The lowest BCUT2D eigenvalue weighted by atomic mass is 9.82. The van der Waals surface area contributed by atoms with E-state index in [1.807, 2.05) is 0 Å². The van der Waals surface area contributed by atoms with Crippen LogP contribution in [-0.2, 0) is 8.85 Å². The molecule has 3 atom stereocenters. The normalized spacial score (nSPS) is 15.9. The third kappa shape index (κ3) is 23.1. The second kappa shape index (κ2) is 32.4. The van der Waals surface area contributed by atoms with Crippen molar-refractivity contribution in [2.45, 2.75) is 268 Å². The molecule has 0 amide bonds. The molecule has 0 N–H and O–H groups in total. The van der Waals surface area contributed by atoms with E-state index in [0.29, 0.717) is 4.83 Å². The number of halogens is 2. The number of fused-ring (bicyclic) bond motifs is 3. The van der Waals surface area contributed by atoms with Crippen molar-refractivity contribution in [1.82, 2.24) is 0 Å². The Morgan fingerprint density at radius 1 is 0.450 bits per heavy atom. The summed E-state index contributed by atoms with van der Waals surface area (Å²) in [6.45, 7) is 14.5. The molecule has 2 aromatic rings. The van der Waals surface area contributed by atoms with Crippen LogP contribution in [0.3, 0.4) is 0 Å². The van der Waals surface area contributed by atoms with Crippen molar-refractivity contribution in [3.63, 3.8) is 0 Å². The molecule has 0 aliphatic heterocycles. The number of benzene rings is 2. The lowest BCUT2D eigenvalue weighted by Crippen LogP contribution is -2.40. The van der Waals surface area contributed by atoms with Gasteiger partial charge in [-0.2, -0.15) is 0 Å². The summed E-state index contributed by atoms with van der Waals surface area (Å²) in [5.41, 5.74) is 5.25. The van der Waals surface area contributed by atoms with Crippen molar-refractivity contribution in [2.24, 2.45) is 0 Å². The molecule has 344 valence electrons. The first-order chi connectivity index (χ1) is 29.1. The third-order valence-electron chi connectivity index (χ3n) is 13.3. The van der Waals surface area contributed by atoms with Crippen molar-refractivity contribution < 1.29 is 8.85 Å². The van der Waals surface area contributed by atoms with E-state index in [1.165, 1.54) is 233 Å². The van der Waals surface area contributed by atoms with E-state index in [0.717, 1.165) is 4.47 Å². The van der Waals surface area contributed by atoms with Gasteiger partial charge in [0.2, 0.25) is 0 Å². The van der Waals surface area contributed by atoms with Crippen LogP contribution < -0.4 is 0 Å². The number of alkyl halides is 1. The Bertz CT molecular complexity index is 1360. The maximum absolute atomic E-state index is 7.46. The first-order valence-electron chi connectivity index (χ1n) is 26.0. The fourth-order valence-electron chi connectivity index (χ4n) is 9.58. The Morgan fingerprint density at radius 3 is 1.23 bits per heavy atom. The standard InChI is InChI=1S/C54H94Br2O2Si2/c1-7-9-11-13-15-17-18-19-20-21-22-23-25-27-30-36-44-59(3,4)57-53-51-41-35-34-40-49(51)50-43-42-48(56)46-52(50)54(53)58-60(5,6)45-37-31-29-33-39-47(55)38-32-28-26-24-16-14-12-10-8-2/h34-35,40-43,46-47,53-54H,7-33,36-39,44-45H2,1-6H3/t47?,53-,54-/m1/s1. The molecule has 0 saturated heterocycles. The topological polar surface area (TPSA) is 18.5 Å². The molecule has 2 aromatic carbocycles. The summed E-state index contributed by atoms with van der Waals surface area (Å²) in [5.74, 6) is 0. The molecule has 1 aliphatic rings. The average Bonchev–Trinajstić information content (AvgIpc) is 3.22. The Balaban J connectivity index is 1.42. The lowest BCUT2D eigenvalue weighted by molar-refractivity contribution is 0.0382. The number of rotatable bonds is 38. The quantitative estimate of drug-likeness (QED) is 0.0379. The molecule has 1 aliphatic carbocycles. The minimum absolute atomic E-state index is 0.0563. The van der Waals surface area contributed by atoms with Crippen LogP contribution in [0.2, 0.25) is 38.3 Å². The highest BCUT2D eigenvalue weighted by Gasteiger charge is 2.41. The minimum atomic E-state index is -1.99. The lowest BCUT2D eigenvalue weighted by Gasteiger charge is -2.42. The summed E-state index contributed by atoms with van der Waals surface area (Å²) in [6.07, 6.45) is 43.1. The molecule has 0 spiro atoms. The summed E-state index contributed by atoms with van der Waals surface area (Å²) in [6, 6.07) is 18.3. The van der Waals surface area contributed by atoms with Gasteiger partial charge in [0.05, 0.1) is 0 Å². The first kappa shape index (κ1) is 54.1. The zero-order chi connectivity index (χ0) is 43.3. The van der Waals surface area contributed by atoms with Crippen molar-refractivity contribution in [3.05, 3.63) is 58.1 Å². The largest absolute Gasteiger partial charge is 0.407 e. The van der Waals surface area contributed by atoms with Gasteiger partial charge in [-0.3, -0.25) is 0 Å². The Morgan fingerprint density at radius 2 is 0.800 bits per heavy atom. The SMILES string of the molecule is CCCCCCCCCCCCCCCCCC[Si](C)(C)O[C@@H]1c2ccccc2-c2ccc(Br)cc2[C@H]1O[Si](C)(C)CCCCCCC(Br)CCCCCCCCCCC. The summed E-state index contributed by atoms with van der Waals surface area (Å²) < 4.78 is 16.0. The van der Waals surface area contributed by atoms with Crippen molar-refractivity contribution in [2.75, 3.05) is 0 Å². The average molecular weight is 991 g/mol. The first-order valence-corrected chi connectivity index (χ1v) is 33.9. The van der Waals surface area contributed by atoms with Crippen LogP contribution >= 0.6 is 31.9 Å². The van der Waals surface area contributed by atoms with Crippen LogP contribution in [0.5, 0.6) is 0 Å². The number of hydrogen-bond donors (Lipinski definition) is 0. The molecular formula is C54H94Br2O2Si2. The molecule has 60 heavy (non-hydrogen) atoms. The van der Waals surface area contributed by atoms with Crippen molar-refractivity contribution >= 4 is 48.5 Å². The van der Waals surface area contributed by atoms with Crippen LogP contribution in [0.15, 0.2) is 46.9 Å². The Labute approximate surface area is 392 Å². The van der Waals surface area contributed by atoms with Crippen LogP contribution in [0.25, 0.3) is 11.1 Å². The second-order valence-corrected chi connectivity index (χ2v) is 30.9. The summed E-state index contributed by atoms with van der Waals surface area (Å²) >= 11 is 7.86. The molecule has 0 aromatic heterocycles.